The average Bonchev–Trinajstić information content (AvgIpc) is 2.83. The van der Waals surface area contributed by atoms with Crippen LogP contribution in [0.4, 0.5) is 0 Å². The van der Waals surface area contributed by atoms with Crippen molar-refractivity contribution < 1.29 is 9.47 Å². The minimum atomic E-state index is 0.435. The first-order chi connectivity index (χ1) is 15.7. The summed E-state index contributed by atoms with van der Waals surface area (Å²) < 4.78 is 12.0. The molecule has 0 bridgehead atoms. The molecule has 4 heteroatoms. The Morgan fingerprint density at radius 1 is 0.906 bits per heavy atom. The topological polar surface area (TPSA) is 42.2 Å². The van der Waals surface area contributed by atoms with Crippen molar-refractivity contribution >= 4 is 34.0 Å². The molecular weight excluding hydrogens is 418 g/mol. The summed E-state index contributed by atoms with van der Waals surface area (Å²) in [6.45, 7) is 2.89. The number of hydrogen-bond donors (Lipinski definition) is 0. The van der Waals surface area contributed by atoms with Gasteiger partial charge >= 0.3 is 0 Å². The first-order valence-corrected chi connectivity index (χ1v) is 10.8. The second-order valence-corrected chi connectivity index (χ2v) is 7.68. The van der Waals surface area contributed by atoms with E-state index in [9.17, 15) is 5.26 Å². The summed E-state index contributed by atoms with van der Waals surface area (Å²) in [5.74, 6) is 1.32. The van der Waals surface area contributed by atoms with Gasteiger partial charge in [0.2, 0.25) is 0 Å². The Balaban J connectivity index is 1.60. The van der Waals surface area contributed by atoms with E-state index in [0.29, 0.717) is 35.3 Å². The van der Waals surface area contributed by atoms with Crippen LogP contribution in [0.5, 0.6) is 11.5 Å². The third kappa shape index (κ3) is 4.94. The number of allylic oxidation sites excluding steroid dienone is 1. The normalized spacial score (nSPS) is 11.2. The van der Waals surface area contributed by atoms with Gasteiger partial charge < -0.3 is 9.47 Å². The molecule has 0 saturated carbocycles. The SMILES string of the molecule is CCOc1cc(/C=C(/C#N)c2ccc(Cl)cc2)ccc1OCc1cccc2ccccc12. The number of ether oxygens (including phenoxy) is 2. The van der Waals surface area contributed by atoms with Gasteiger partial charge in [-0.2, -0.15) is 5.26 Å². The van der Waals surface area contributed by atoms with Gasteiger partial charge in [0.05, 0.1) is 18.2 Å². The molecular formula is C28H22ClNO2. The minimum absolute atomic E-state index is 0.435. The average molecular weight is 440 g/mol. The van der Waals surface area contributed by atoms with Crippen molar-refractivity contribution in [3.63, 3.8) is 0 Å². The molecule has 32 heavy (non-hydrogen) atoms. The smallest absolute Gasteiger partial charge is 0.161 e. The van der Waals surface area contributed by atoms with Gasteiger partial charge in [0.15, 0.2) is 11.5 Å². The van der Waals surface area contributed by atoms with Gasteiger partial charge in [-0.25, -0.2) is 0 Å². The fraction of sp³-hybridized carbons (Fsp3) is 0.107. The molecule has 0 saturated heterocycles. The molecule has 0 aromatic heterocycles. The lowest BCUT2D eigenvalue weighted by molar-refractivity contribution is 0.270. The van der Waals surface area contributed by atoms with Crippen LogP contribution in [0.3, 0.4) is 0 Å². The lowest BCUT2D eigenvalue weighted by Crippen LogP contribution is -2.00. The highest BCUT2D eigenvalue weighted by atomic mass is 35.5. The Morgan fingerprint density at radius 3 is 2.47 bits per heavy atom. The molecule has 0 N–H and O–H groups in total. The minimum Gasteiger partial charge on any atom is -0.490 e. The van der Waals surface area contributed by atoms with E-state index in [1.165, 1.54) is 10.8 Å². The quantitative estimate of drug-likeness (QED) is 0.220. The molecule has 4 aromatic rings. The monoisotopic (exact) mass is 439 g/mol. The number of fused-ring (bicyclic) bond motifs is 1. The Bertz CT molecular complexity index is 1300. The molecule has 0 aliphatic carbocycles. The molecule has 3 nitrogen and oxygen atoms in total. The van der Waals surface area contributed by atoms with Crippen LogP contribution in [-0.4, -0.2) is 6.61 Å². The van der Waals surface area contributed by atoms with Crippen molar-refractivity contribution in [1.29, 1.82) is 5.26 Å². The molecule has 0 amide bonds. The summed E-state index contributed by atoms with van der Waals surface area (Å²) >= 11 is 5.97. The Morgan fingerprint density at radius 2 is 1.69 bits per heavy atom. The van der Waals surface area contributed by atoms with E-state index in [0.717, 1.165) is 16.7 Å². The fourth-order valence-corrected chi connectivity index (χ4v) is 3.68. The summed E-state index contributed by atoms with van der Waals surface area (Å²) in [5.41, 5.74) is 3.33. The Hall–Kier alpha value is -3.74. The first-order valence-electron chi connectivity index (χ1n) is 10.4. The third-order valence-corrected chi connectivity index (χ3v) is 5.37. The number of rotatable bonds is 7. The summed E-state index contributed by atoms with van der Waals surface area (Å²) in [5, 5.41) is 12.6. The van der Waals surface area contributed by atoms with Crippen molar-refractivity contribution in [2.24, 2.45) is 0 Å². The Labute approximate surface area is 193 Å². The van der Waals surface area contributed by atoms with Crippen LogP contribution >= 0.6 is 11.6 Å². The standard InChI is InChI=1S/C28H22ClNO2/c1-2-31-28-17-20(16-24(18-30)21-11-13-25(29)14-12-21)10-15-27(28)32-19-23-8-5-7-22-6-3-4-9-26(22)23/h3-17H,2,19H2,1H3/b24-16-. The van der Waals surface area contributed by atoms with Crippen molar-refractivity contribution in [2.75, 3.05) is 6.61 Å². The van der Waals surface area contributed by atoms with Crippen LogP contribution in [0.15, 0.2) is 84.9 Å². The van der Waals surface area contributed by atoms with E-state index in [4.69, 9.17) is 21.1 Å². The van der Waals surface area contributed by atoms with E-state index in [1.54, 1.807) is 12.1 Å². The van der Waals surface area contributed by atoms with E-state index < -0.39 is 0 Å². The number of benzene rings is 4. The molecule has 0 aliphatic heterocycles. The molecule has 0 heterocycles. The van der Waals surface area contributed by atoms with E-state index in [-0.39, 0.29) is 0 Å². The van der Waals surface area contributed by atoms with Gasteiger partial charge in [0.1, 0.15) is 6.61 Å². The number of nitrogens with zero attached hydrogens (tertiary/aromatic N) is 1. The molecule has 0 fully saturated rings. The van der Waals surface area contributed by atoms with Crippen LogP contribution in [0.25, 0.3) is 22.4 Å². The zero-order valence-electron chi connectivity index (χ0n) is 17.7. The van der Waals surface area contributed by atoms with Gasteiger partial charge in [-0.1, -0.05) is 72.3 Å². The highest BCUT2D eigenvalue weighted by Gasteiger charge is 2.09. The maximum absolute atomic E-state index is 9.63. The van der Waals surface area contributed by atoms with Gasteiger partial charge in [-0.3, -0.25) is 0 Å². The predicted octanol–water partition coefficient (Wildman–Crippen LogP) is 7.54. The zero-order valence-corrected chi connectivity index (χ0v) is 18.5. The lowest BCUT2D eigenvalue weighted by atomic mass is 10.0. The lowest BCUT2D eigenvalue weighted by Gasteiger charge is -2.14. The summed E-state index contributed by atoms with van der Waals surface area (Å²) in [7, 11) is 0. The third-order valence-electron chi connectivity index (χ3n) is 5.12. The fourth-order valence-electron chi connectivity index (χ4n) is 3.55. The molecule has 158 valence electrons. The predicted molar refractivity (Wildman–Crippen MR) is 131 cm³/mol. The second-order valence-electron chi connectivity index (χ2n) is 7.24. The number of halogens is 1. The van der Waals surface area contributed by atoms with E-state index in [1.807, 2.05) is 61.5 Å². The van der Waals surface area contributed by atoms with Crippen molar-refractivity contribution in [2.45, 2.75) is 13.5 Å². The van der Waals surface area contributed by atoms with Crippen LogP contribution in [-0.2, 0) is 6.61 Å². The van der Waals surface area contributed by atoms with Crippen LogP contribution in [0, 0.1) is 11.3 Å². The van der Waals surface area contributed by atoms with Gasteiger partial charge in [-0.15, -0.1) is 0 Å². The maximum Gasteiger partial charge on any atom is 0.161 e. The van der Waals surface area contributed by atoms with Crippen molar-refractivity contribution in [3.8, 4) is 17.6 Å². The van der Waals surface area contributed by atoms with Gasteiger partial charge in [-0.05, 0) is 64.7 Å². The van der Waals surface area contributed by atoms with E-state index >= 15 is 0 Å². The molecule has 4 rings (SSSR count). The first kappa shape index (κ1) is 21.5. The molecule has 0 unspecified atom stereocenters. The summed E-state index contributed by atoms with van der Waals surface area (Å²) in [4.78, 5) is 0. The van der Waals surface area contributed by atoms with E-state index in [2.05, 4.69) is 30.3 Å². The van der Waals surface area contributed by atoms with Crippen molar-refractivity contribution in [3.05, 3.63) is 107 Å². The molecule has 0 aliphatic rings. The molecule has 0 radical (unpaired) electrons. The molecule has 4 aromatic carbocycles. The van der Waals surface area contributed by atoms with Crippen LogP contribution in [0.1, 0.15) is 23.6 Å². The largest absolute Gasteiger partial charge is 0.490 e. The van der Waals surface area contributed by atoms with Gasteiger partial charge in [0, 0.05) is 5.02 Å². The number of hydrogen-bond acceptors (Lipinski definition) is 3. The second kappa shape index (κ2) is 10.0. The zero-order chi connectivity index (χ0) is 22.3. The highest BCUT2D eigenvalue weighted by molar-refractivity contribution is 6.30. The summed E-state index contributed by atoms with van der Waals surface area (Å²) in [6, 6.07) is 29.7. The van der Waals surface area contributed by atoms with Crippen LogP contribution in [0.2, 0.25) is 5.02 Å². The highest BCUT2D eigenvalue weighted by Crippen LogP contribution is 2.32. The maximum atomic E-state index is 9.63. The van der Waals surface area contributed by atoms with Crippen molar-refractivity contribution in [1.82, 2.24) is 0 Å². The molecule has 0 spiro atoms. The van der Waals surface area contributed by atoms with Crippen LogP contribution < -0.4 is 9.47 Å². The Kier molecular flexibility index (Phi) is 6.75. The van der Waals surface area contributed by atoms with Gasteiger partial charge in [0.25, 0.3) is 0 Å². The molecule has 0 atom stereocenters. The summed E-state index contributed by atoms with van der Waals surface area (Å²) in [6.07, 6.45) is 1.83. The number of nitriles is 1.